The van der Waals surface area contributed by atoms with Crippen molar-refractivity contribution in [3.63, 3.8) is 0 Å². The van der Waals surface area contributed by atoms with Crippen molar-refractivity contribution in [3.05, 3.63) is 53.6 Å². The molecule has 2 aromatic carbocycles. The summed E-state index contributed by atoms with van der Waals surface area (Å²) in [7, 11) is 0. The summed E-state index contributed by atoms with van der Waals surface area (Å²) >= 11 is 0. The zero-order chi connectivity index (χ0) is 18.6. The molecule has 3 rings (SSSR count). The monoisotopic (exact) mass is 354 g/mol. The summed E-state index contributed by atoms with van der Waals surface area (Å²) in [6.45, 7) is 7.89. The highest BCUT2D eigenvalue weighted by molar-refractivity contribution is 5.76. The Hall–Kier alpha value is -2.69. The second-order valence-corrected chi connectivity index (χ2v) is 7.44. The van der Waals surface area contributed by atoms with Gasteiger partial charge in [-0.05, 0) is 34.7 Å². The van der Waals surface area contributed by atoms with Gasteiger partial charge in [-0.1, -0.05) is 45.0 Å². The van der Waals surface area contributed by atoms with Crippen LogP contribution in [0, 0.1) is 0 Å². The topological polar surface area (TPSA) is 59.6 Å². The van der Waals surface area contributed by atoms with Gasteiger partial charge in [-0.3, -0.25) is 4.79 Å². The number of carbonyl (C=O) groups is 1. The van der Waals surface area contributed by atoms with E-state index in [1.54, 1.807) is 0 Å². The second kappa shape index (κ2) is 7.68. The third-order valence-electron chi connectivity index (χ3n) is 4.33. The lowest BCUT2D eigenvalue weighted by molar-refractivity contribution is -0.121. The van der Waals surface area contributed by atoms with Gasteiger partial charge in [0.25, 0.3) is 0 Å². The number of anilines is 1. The predicted octanol–water partition coefficient (Wildman–Crippen LogP) is 3.83. The van der Waals surface area contributed by atoms with Gasteiger partial charge < -0.3 is 20.1 Å². The van der Waals surface area contributed by atoms with Crippen LogP contribution in [0.4, 0.5) is 5.69 Å². The van der Waals surface area contributed by atoms with Crippen LogP contribution in [0.3, 0.4) is 0 Å². The van der Waals surface area contributed by atoms with Gasteiger partial charge in [0.2, 0.25) is 12.7 Å². The highest BCUT2D eigenvalue weighted by Crippen LogP contribution is 2.32. The zero-order valence-corrected chi connectivity index (χ0v) is 15.6. The predicted molar refractivity (Wildman–Crippen MR) is 103 cm³/mol. The smallest absolute Gasteiger partial charge is 0.231 e. The molecule has 138 valence electrons. The summed E-state index contributed by atoms with van der Waals surface area (Å²) in [5.74, 6) is 1.50. The molecule has 26 heavy (non-hydrogen) atoms. The Bertz CT molecular complexity index is 781. The molecular weight excluding hydrogens is 328 g/mol. The van der Waals surface area contributed by atoms with Gasteiger partial charge in [0.1, 0.15) is 0 Å². The molecule has 2 aromatic rings. The number of amides is 1. The largest absolute Gasteiger partial charge is 0.454 e. The molecule has 5 heteroatoms. The van der Waals surface area contributed by atoms with Gasteiger partial charge in [-0.2, -0.15) is 0 Å². The van der Waals surface area contributed by atoms with Crippen molar-refractivity contribution in [2.45, 2.75) is 39.2 Å². The van der Waals surface area contributed by atoms with Crippen LogP contribution >= 0.6 is 0 Å². The number of rotatable bonds is 6. The first-order valence-corrected chi connectivity index (χ1v) is 8.92. The maximum absolute atomic E-state index is 12.1. The molecule has 1 aliphatic heterocycles. The average molecular weight is 354 g/mol. The molecule has 5 nitrogen and oxygen atoms in total. The molecule has 0 bridgehead atoms. The zero-order valence-electron chi connectivity index (χ0n) is 15.6. The molecule has 0 atom stereocenters. The summed E-state index contributed by atoms with van der Waals surface area (Å²) in [6.07, 6.45) is 0.420. The van der Waals surface area contributed by atoms with E-state index in [2.05, 4.69) is 43.5 Å². The van der Waals surface area contributed by atoms with Gasteiger partial charge >= 0.3 is 0 Å². The Morgan fingerprint density at radius 3 is 2.65 bits per heavy atom. The molecule has 1 aliphatic rings. The van der Waals surface area contributed by atoms with Crippen LogP contribution in [0.1, 0.15) is 38.3 Å². The van der Waals surface area contributed by atoms with E-state index in [1.165, 1.54) is 5.56 Å². The number of hydrogen-bond acceptors (Lipinski definition) is 4. The fourth-order valence-electron chi connectivity index (χ4n) is 2.94. The van der Waals surface area contributed by atoms with E-state index >= 15 is 0 Å². The first kappa shape index (κ1) is 18.1. The molecule has 0 aliphatic carbocycles. The van der Waals surface area contributed by atoms with Crippen molar-refractivity contribution in [3.8, 4) is 11.5 Å². The quantitative estimate of drug-likeness (QED) is 0.828. The first-order valence-electron chi connectivity index (χ1n) is 8.92. The van der Waals surface area contributed by atoms with Crippen LogP contribution < -0.4 is 20.1 Å². The first-order chi connectivity index (χ1) is 12.4. The van der Waals surface area contributed by atoms with Crippen molar-refractivity contribution < 1.29 is 14.3 Å². The van der Waals surface area contributed by atoms with E-state index in [0.29, 0.717) is 19.5 Å². The summed E-state index contributed by atoms with van der Waals surface area (Å²) in [5, 5.41) is 6.33. The van der Waals surface area contributed by atoms with E-state index < -0.39 is 0 Å². The number of nitrogens with one attached hydrogen (secondary N) is 2. The molecule has 0 aromatic heterocycles. The number of ether oxygens (including phenoxy) is 2. The van der Waals surface area contributed by atoms with Crippen molar-refractivity contribution in [2.75, 3.05) is 18.7 Å². The van der Waals surface area contributed by atoms with Crippen molar-refractivity contribution in [1.82, 2.24) is 5.32 Å². The fraction of sp³-hybridized carbons (Fsp3) is 0.381. The SMILES string of the molecule is CC(C)(C)c1ccccc1NCCC(=O)NCc1ccc2c(c1)OCO2. The van der Waals surface area contributed by atoms with Crippen LogP contribution in [-0.4, -0.2) is 19.2 Å². The summed E-state index contributed by atoms with van der Waals surface area (Å²) in [4.78, 5) is 12.1. The van der Waals surface area contributed by atoms with E-state index in [9.17, 15) is 4.79 Å². The highest BCUT2D eigenvalue weighted by Gasteiger charge is 2.17. The Morgan fingerprint density at radius 2 is 1.85 bits per heavy atom. The van der Waals surface area contributed by atoms with E-state index in [1.807, 2.05) is 30.3 Å². The van der Waals surface area contributed by atoms with Gasteiger partial charge in [0.05, 0.1) is 0 Å². The van der Waals surface area contributed by atoms with Crippen LogP contribution in [0.5, 0.6) is 11.5 Å². The number of hydrogen-bond donors (Lipinski definition) is 2. The molecule has 1 amide bonds. The molecule has 0 fully saturated rings. The van der Waals surface area contributed by atoms with Gasteiger partial charge in [-0.15, -0.1) is 0 Å². The Balaban J connectivity index is 1.46. The maximum atomic E-state index is 12.1. The average Bonchev–Trinajstić information content (AvgIpc) is 3.07. The van der Waals surface area contributed by atoms with Gasteiger partial charge in [0, 0.05) is 25.2 Å². The van der Waals surface area contributed by atoms with Crippen LogP contribution in [0.15, 0.2) is 42.5 Å². The van der Waals surface area contributed by atoms with Crippen molar-refractivity contribution >= 4 is 11.6 Å². The maximum Gasteiger partial charge on any atom is 0.231 e. The molecule has 0 saturated carbocycles. The van der Waals surface area contributed by atoms with Crippen LogP contribution in [0.25, 0.3) is 0 Å². The molecule has 1 heterocycles. The minimum atomic E-state index is 0.0170. The number of carbonyl (C=O) groups excluding carboxylic acids is 1. The van der Waals surface area contributed by atoms with Crippen LogP contribution in [0.2, 0.25) is 0 Å². The van der Waals surface area contributed by atoms with E-state index in [0.717, 1.165) is 22.7 Å². The number of fused-ring (bicyclic) bond motifs is 1. The lowest BCUT2D eigenvalue weighted by Gasteiger charge is -2.23. The van der Waals surface area contributed by atoms with Gasteiger partial charge in [0.15, 0.2) is 11.5 Å². The Kier molecular flexibility index (Phi) is 5.35. The minimum absolute atomic E-state index is 0.0170. The van der Waals surface area contributed by atoms with Crippen molar-refractivity contribution in [2.24, 2.45) is 0 Å². The lowest BCUT2D eigenvalue weighted by Crippen LogP contribution is -2.25. The van der Waals surface area contributed by atoms with E-state index in [-0.39, 0.29) is 18.1 Å². The Morgan fingerprint density at radius 1 is 1.08 bits per heavy atom. The third-order valence-corrected chi connectivity index (χ3v) is 4.33. The number of para-hydroxylation sites is 1. The second-order valence-electron chi connectivity index (χ2n) is 7.44. The third kappa shape index (κ3) is 4.48. The molecule has 0 saturated heterocycles. The molecule has 2 N–H and O–H groups in total. The summed E-state index contributed by atoms with van der Waals surface area (Å²) in [5.41, 5.74) is 3.39. The lowest BCUT2D eigenvalue weighted by atomic mass is 9.86. The molecule has 0 spiro atoms. The van der Waals surface area contributed by atoms with Crippen molar-refractivity contribution in [1.29, 1.82) is 0 Å². The minimum Gasteiger partial charge on any atom is -0.454 e. The summed E-state index contributed by atoms with van der Waals surface area (Å²) in [6, 6.07) is 14.0. The standard InChI is InChI=1S/C21H26N2O3/c1-21(2,3)16-6-4-5-7-17(16)22-11-10-20(24)23-13-15-8-9-18-19(12-15)26-14-25-18/h4-9,12,22H,10-11,13-14H2,1-3H3,(H,23,24). The molecule has 0 unspecified atom stereocenters. The molecular formula is C21H26N2O3. The highest BCUT2D eigenvalue weighted by atomic mass is 16.7. The van der Waals surface area contributed by atoms with Crippen LogP contribution in [-0.2, 0) is 16.8 Å². The van der Waals surface area contributed by atoms with E-state index in [4.69, 9.17) is 9.47 Å². The van der Waals surface area contributed by atoms with Gasteiger partial charge in [-0.25, -0.2) is 0 Å². The summed E-state index contributed by atoms with van der Waals surface area (Å²) < 4.78 is 10.6. The molecule has 0 radical (unpaired) electrons. The Labute approximate surface area is 154 Å². The fourth-order valence-corrected chi connectivity index (χ4v) is 2.94. The number of benzene rings is 2. The normalized spacial score (nSPS) is 12.7.